The third-order valence-electron chi connectivity index (χ3n) is 5.51. The Bertz CT molecular complexity index is 1100. The third kappa shape index (κ3) is 5.67. The number of pyridine rings is 1. The molecule has 3 aromatic rings. The van der Waals surface area contributed by atoms with Gasteiger partial charge in [0.05, 0.1) is 24.2 Å². The summed E-state index contributed by atoms with van der Waals surface area (Å²) in [6.07, 6.45) is 3.20. The molecule has 172 valence electrons. The predicted molar refractivity (Wildman–Crippen MR) is 126 cm³/mol. The third-order valence-corrected chi connectivity index (χ3v) is 6.15. The number of ether oxygens (including phenoxy) is 2. The van der Waals surface area contributed by atoms with Crippen LogP contribution in [0.1, 0.15) is 34.5 Å². The first-order valence-electron chi connectivity index (χ1n) is 10.7. The van der Waals surface area contributed by atoms with Gasteiger partial charge in [-0.25, -0.2) is 9.97 Å². The number of anilines is 1. The highest BCUT2D eigenvalue weighted by molar-refractivity contribution is 7.07. The van der Waals surface area contributed by atoms with E-state index in [9.17, 15) is 9.59 Å². The topological polar surface area (TPSA) is 93.7 Å². The lowest BCUT2D eigenvalue weighted by Gasteiger charge is -2.32. The molecule has 4 rings (SSSR count). The molecule has 1 aliphatic rings. The summed E-state index contributed by atoms with van der Waals surface area (Å²) in [7, 11) is 1.54. The average molecular weight is 467 g/mol. The van der Waals surface area contributed by atoms with Crippen LogP contribution in [0.4, 0.5) is 5.82 Å². The highest BCUT2D eigenvalue weighted by Gasteiger charge is 2.29. The van der Waals surface area contributed by atoms with Crippen LogP contribution in [0, 0.1) is 12.8 Å². The monoisotopic (exact) mass is 466 g/mol. The van der Waals surface area contributed by atoms with Gasteiger partial charge in [-0.05, 0) is 49.6 Å². The number of rotatable bonds is 7. The number of piperidine rings is 1. The number of nitrogens with zero attached hydrogens (tertiary/aromatic N) is 3. The summed E-state index contributed by atoms with van der Waals surface area (Å²) in [6.45, 7) is 3.24. The van der Waals surface area contributed by atoms with Crippen LogP contribution < -0.4 is 14.8 Å². The van der Waals surface area contributed by atoms with Gasteiger partial charge in [0.1, 0.15) is 12.4 Å². The first-order chi connectivity index (χ1) is 16.0. The Balaban J connectivity index is 1.40. The number of benzene rings is 1. The normalized spacial score (nSPS) is 15.7. The number of aromatic nitrogens is 2. The van der Waals surface area contributed by atoms with Crippen LogP contribution in [-0.4, -0.2) is 46.9 Å². The number of thiazole rings is 1. The highest BCUT2D eigenvalue weighted by Crippen LogP contribution is 2.30. The van der Waals surface area contributed by atoms with Crippen molar-refractivity contribution in [3.63, 3.8) is 0 Å². The van der Waals surface area contributed by atoms with Crippen molar-refractivity contribution in [2.24, 2.45) is 5.92 Å². The van der Waals surface area contributed by atoms with Crippen molar-refractivity contribution in [2.45, 2.75) is 26.4 Å². The molecular weight excluding hydrogens is 440 g/mol. The lowest BCUT2D eigenvalue weighted by atomic mass is 9.96. The van der Waals surface area contributed by atoms with E-state index in [0.717, 1.165) is 24.1 Å². The van der Waals surface area contributed by atoms with Crippen molar-refractivity contribution in [3.05, 3.63) is 64.2 Å². The Morgan fingerprint density at radius 3 is 2.82 bits per heavy atom. The molecule has 2 amide bonds. The molecule has 0 bridgehead atoms. The van der Waals surface area contributed by atoms with Crippen LogP contribution in [0.5, 0.6) is 11.5 Å². The number of carbonyl (C=O) groups excluding carboxylic acids is 2. The molecule has 8 nitrogen and oxygen atoms in total. The van der Waals surface area contributed by atoms with Gasteiger partial charge in [-0.15, -0.1) is 11.3 Å². The number of aryl methyl sites for hydroxylation is 1. The van der Waals surface area contributed by atoms with E-state index in [1.165, 1.54) is 11.3 Å². The number of amides is 2. The number of hydrogen-bond acceptors (Lipinski definition) is 7. The summed E-state index contributed by atoms with van der Waals surface area (Å²) < 4.78 is 11.2. The molecular formula is C24H26N4O4S. The zero-order valence-corrected chi connectivity index (χ0v) is 19.4. The fourth-order valence-electron chi connectivity index (χ4n) is 3.71. The van der Waals surface area contributed by atoms with Gasteiger partial charge in [-0.2, -0.15) is 0 Å². The number of methoxy groups -OCH3 is 1. The Hall–Kier alpha value is -3.46. The summed E-state index contributed by atoms with van der Waals surface area (Å²) in [4.78, 5) is 36.1. The minimum Gasteiger partial charge on any atom is -0.493 e. The number of nitrogens with one attached hydrogen (secondary N) is 1. The lowest BCUT2D eigenvalue weighted by molar-refractivity contribution is -0.121. The number of hydrogen-bond donors (Lipinski definition) is 1. The Labute approximate surface area is 196 Å². The standard InChI is InChI=1S/C24H26N4O4S/c1-16-5-8-22(25-11-16)27-23(29)18-4-3-9-28(12-18)24(30)17-6-7-20(21(10-17)31-2)32-13-19-14-33-15-26-19/h5-8,10-11,14-15,18H,3-4,9,12-13H2,1-2H3,(H,25,27,29). The summed E-state index contributed by atoms with van der Waals surface area (Å²) >= 11 is 1.51. The first-order valence-corrected chi connectivity index (χ1v) is 11.7. The average Bonchev–Trinajstić information content (AvgIpc) is 3.37. The summed E-state index contributed by atoms with van der Waals surface area (Å²) in [6, 6.07) is 8.82. The van der Waals surface area contributed by atoms with Crippen LogP contribution in [0.2, 0.25) is 0 Å². The van der Waals surface area contributed by atoms with Crippen LogP contribution >= 0.6 is 11.3 Å². The smallest absolute Gasteiger partial charge is 0.254 e. The molecule has 2 aromatic heterocycles. The second-order valence-corrected chi connectivity index (χ2v) is 8.65. The largest absolute Gasteiger partial charge is 0.493 e. The Kier molecular flexibility index (Phi) is 7.19. The molecule has 1 fully saturated rings. The van der Waals surface area contributed by atoms with Crippen molar-refractivity contribution in [1.29, 1.82) is 0 Å². The maximum atomic E-state index is 13.2. The lowest BCUT2D eigenvalue weighted by Crippen LogP contribution is -2.43. The maximum Gasteiger partial charge on any atom is 0.254 e. The Morgan fingerprint density at radius 1 is 1.21 bits per heavy atom. The molecule has 1 saturated heterocycles. The zero-order chi connectivity index (χ0) is 23.2. The minimum atomic E-state index is -0.284. The molecule has 0 radical (unpaired) electrons. The van der Waals surface area contributed by atoms with Crippen LogP contribution in [0.25, 0.3) is 0 Å². The molecule has 9 heteroatoms. The summed E-state index contributed by atoms with van der Waals surface area (Å²) in [5.74, 6) is 1.01. The molecule has 3 heterocycles. The molecule has 0 saturated carbocycles. The van der Waals surface area contributed by atoms with E-state index in [-0.39, 0.29) is 17.7 Å². The van der Waals surface area contributed by atoms with E-state index in [2.05, 4.69) is 15.3 Å². The molecule has 1 aromatic carbocycles. The van der Waals surface area contributed by atoms with E-state index in [4.69, 9.17) is 9.47 Å². The quantitative estimate of drug-likeness (QED) is 0.567. The van der Waals surface area contributed by atoms with Crippen LogP contribution in [0.15, 0.2) is 47.4 Å². The molecule has 1 aliphatic heterocycles. The fourth-order valence-corrected chi connectivity index (χ4v) is 4.25. The van der Waals surface area contributed by atoms with E-state index in [0.29, 0.717) is 42.6 Å². The van der Waals surface area contributed by atoms with Crippen molar-refractivity contribution in [1.82, 2.24) is 14.9 Å². The summed E-state index contributed by atoms with van der Waals surface area (Å²) in [5, 5.41) is 4.78. The number of carbonyl (C=O) groups is 2. The minimum absolute atomic E-state index is 0.118. The second kappa shape index (κ2) is 10.4. The highest BCUT2D eigenvalue weighted by atomic mass is 32.1. The fraction of sp³-hybridized carbons (Fsp3) is 0.333. The van der Waals surface area contributed by atoms with Crippen LogP contribution in [-0.2, 0) is 11.4 Å². The second-order valence-electron chi connectivity index (χ2n) is 7.93. The van der Waals surface area contributed by atoms with E-state index in [1.807, 2.05) is 18.4 Å². The van der Waals surface area contributed by atoms with E-state index < -0.39 is 0 Å². The van der Waals surface area contributed by atoms with Crippen molar-refractivity contribution < 1.29 is 19.1 Å². The van der Waals surface area contributed by atoms with Gasteiger partial charge in [0.2, 0.25) is 5.91 Å². The zero-order valence-electron chi connectivity index (χ0n) is 18.6. The van der Waals surface area contributed by atoms with E-state index in [1.54, 1.807) is 48.0 Å². The van der Waals surface area contributed by atoms with Crippen LogP contribution in [0.3, 0.4) is 0 Å². The van der Waals surface area contributed by atoms with Gasteiger partial charge in [0.15, 0.2) is 11.5 Å². The van der Waals surface area contributed by atoms with Crippen molar-refractivity contribution in [3.8, 4) is 11.5 Å². The van der Waals surface area contributed by atoms with Gasteiger partial charge in [0.25, 0.3) is 5.91 Å². The summed E-state index contributed by atoms with van der Waals surface area (Å²) in [5.41, 5.74) is 4.11. The van der Waals surface area contributed by atoms with Gasteiger partial charge in [-0.3, -0.25) is 9.59 Å². The molecule has 1 atom stereocenters. The van der Waals surface area contributed by atoms with E-state index >= 15 is 0 Å². The maximum absolute atomic E-state index is 13.2. The van der Waals surface area contributed by atoms with Gasteiger partial charge >= 0.3 is 0 Å². The van der Waals surface area contributed by atoms with Gasteiger partial charge in [-0.1, -0.05) is 6.07 Å². The molecule has 1 unspecified atom stereocenters. The van der Waals surface area contributed by atoms with Gasteiger partial charge in [0, 0.05) is 30.2 Å². The predicted octanol–water partition coefficient (Wildman–Crippen LogP) is 3.93. The Morgan fingerprint density at radius 2 is 2.09 bits per heavy atom. The van der Waals surface area contributed by atoms with Crippen molar-refractivity contribution >= 4 is 29.0 Å². The molecule has 1 N–H and O–H groups in total. The molecule has 0 aliphatic carbocycles. The molecule has 33 heavy (non-hydrogen) atoms. The van der Waals surface area contributed by atoms with Crippen molar-refractivity contribution in [2.75, 3.05) is 25.5 Å². The van der Waals surface area contributed by atoms with Gasteiger partial charge < -0.3 is 19.7 Å². The molecule has 0 spiro atoms. The number of likely N-dealkylation sites (tertiary alicyclic amines) is 1. The first kappa shape index (κ1) is 22.7. The SMILES string of the molecule is COc1cc(C(=O)N2CCCC(C(=O)Nc3ccc(C)cn3)C2)ccc1OCc1cscn1.